The molecule has 0 amide bonds. The quantitative estimate of drug-likeness (QED) is 0.551. The fraction of sp³-hybridized carbons (Fsp3) is 0.333. The fourth-order valence-corrected chi connectivity index (χ4v) is 3.29. The van der Waals surface area contributed by atoms with Crippen molar-refractivity contribution in [2.24, 2.45) is 0 Å². The highest BCUT2D eigenvalue weighted by Gasteiger charge is 2.26. The molecule has 0 unspecified atom stereocenters. The first kappa shape index (κ1) is 17.9. The summed E-state index contributed by atoms with van der Waals surface area (Å²) < 4.78 is 25.9. The molecule has 116 valence electrons. The zero-order valence-corrected chi connectivity index (χ0v) is 12.8. The average Bonchev–Trinajstić information content (AvgIpc) is 2.47. The Balaban J connectivity index is 3.25. The van der Waals surface area contributed by atoms with Crippen LogP contribution in [0.25, 0.3) is 0 Å². The molecule has 0 aromatic heterocycles. The van der Waals surface area contributed by atoms with E-state index in [2.05, 4.69) is 0 Å². The van der Waals surface area contributed by atoms with E-state index in [1.807, 2.05) is 12.1 Å². The second kappa shape index (κ2) is 7.71. The summed E-state index contributed by atoms with van der Waals surface area (Å²) in [7, 11) is -4.05. The van der Waals surface area contributed by atoms with Gasteiger partial charge in [0, 0.05) is 32.0 Å². The molecular formula is C12H11ClN4O4S. The van der Waals surface area contributed by atoms with Gasteiger partial charge in [0.05, 0.1) is 22.0 Å². The number of nitrogens with zero attached hydrogens (tertiary/aromatic N) is 4. The van der Waals surface area contributed by atoms with Gasteiger partial charge >= 0.3 is 0 Å². The fourth-order valence-electron chi connectivity index (χ4n) is 1.64. The van der Waals surface area contributed by atoms with Crippen LogP contribution in [0.15, 0.2) is 23.1 Å². The Hall–Kier alpha value is -2.20. The number of rotatable bonds is 7. The Morgan fingerprint density at radius 2 is 1.77 bits per heavy atom. The molecule has 0 spiro atoms. The van der Waals surface area contributed by atoms with E-state index in [4.69, 9.17) is 22.1 Å². The van der Waals surface area contributed by atoms with E-state index in [0.717, 1.165) is 22.5 Å². The lowest BCUT2D eigenvalue weighted by Crippen LogP contribution is -2.32. The van der Waals surface area contributed by atoms with Crippen molar-refractivity contribution in [3.8, 4) is 12.1 Å². The van der Waals surface area contributed by atoms with Crippen LogP contribution in [-0.4, -0.2) is 30.7 Å². The largest absolute Gasteiger partial charge is 0.289 e. The summed E-state index contributed by atoms with van der Waals surface area (Å²) in [4.78, 5) is 9.75. The number of nitro groups is 1. The maximum absolute atomic E-state index is 12.5. The van der Waals surface area contributed by atoms with Crippen LogP contribution in [0, 0.1) is 32.8 Å². The Labute approximate surface area is 132 Å². The van der Waals surface area contributed by atoms with Crippen molar-refractivity contribution >= 4 is 27.3 Å². The molecule has 10 heteroatoms. The van der Waals surface area contributed by atoms with Crippen LogP contribution in [0.4, 0.5) is 5.69 Å². The topological polar surface area (TPSA) is 128 Å². The second-order valence-electron chi connectivity index (χ2n) is 4.09. The van der Waals surface area contributed by atoms with Crippen molar-refractivity contribution < 1.29 is 13.3 Å². The third kappa shape index (κ3) is 4.15. The lowest BCUT2D eigenvalue weighted by atomic mass is 10.3. The molecule has 0 saturated carbocycles. The van der Waals surface area contributed by atoms with Gasteiger partial charge in [0.15, 0.2) is 0 Å². The van der Waals surface area contributed by atoms with E-state index in [1.165, 1.54) is 0 Å². The van der Waals surface area contributed by atoms with Crippen LogP contribution in [0.5, 0.6) is 0 Å². The lowest BCUT2D eigenvalue weighted by molar-refractivity contribution is -0.384. The van der Waals surface area contributed by atoms with E-state index in [-0.39, 0.29) is 35.8 Å². The first-order valence-corrected chi connectivity index (χ1v) is 7.84. The minimum absolute atomic E-state index is 0.0552. The van der Waals surface area contributed by atoms with Gasteiger partial charge in [-0.3, -0.25) is 10.1 Å². The van der Waals surface area contributed by atoms with Gasteiger partial charge in [-0.05, 0) is 12.1 Å². The Bertz CT molecular complexity index is 733. The first-order chi connectivity index (χ1) is 10.3. The predicted molar refractivity (Wildman–Crippen MR) is 77.3 cm³/mol. The molecule has 0 atom stereocenters. The van der Waals surface area contributed by atoms with Gasteiger partial charge in [0.2, 0.25) is 10.0 Å². The van der Waals surface area contributed by atoms with Crippen molar-refractivity contribution in [1.82, 2.24) is 4.31 Å². The molecule has 8 nitrogen and oxygen atoms in total. The van der Waals surface area contributed by atoms with Gasteiger partial charge in [-0.25, -0.2) is 8.42 Å². The van der Waals surface area contributed by atoms with Gasteiger partial charge in [-0.2, -0.15) is 14.8 Å². The van der Waals surface area contributed by atoms with E-state index in [9.17, 15) is 18.5 Å². The van der Waals surface area contributed by atoms with Crippen molar-refractivity contribution in [3.05, 3.63) is 33.3 Å². The molecule has 0 radical (unpaired) electrons. The molecule has 0 heterocycles. The molecule has 0 N–H and O–H groups in total. The van der Waals surface area contributed by atoms with Crippen molar-refractivity contribution in [3.63, 3.8) is 0 Å². The minimum Gasteiger partial charge on any atom is -0.258 e. The van der Waals surface area contributed by atoms with Gasteiger partial charge in [-0.15, -0.1) is 0 Å². The SMILES string of the molecule is N#CCCN(CCC#N)S(=O)(=O)c1ccc(Cl)c([N+](=O)[O-])c1. The molecular weight excluding hydrogens is 332 g/mol. The Kier molecular flexibility index (Phi) is 6.25. The number of nitriles is 2. The van der Waals surface area contributed by atoms with E-state index >= 15 is 0 Å². The number of benzene rings is 1. The molecule has 1 aromatic rings. The van der Waals surface area contributed by atoms with Crippen LogP contribution in [0.2, 0.25) is 5.02 Å². The maximum atomic E-state index is 12.5. The summed E-state index contributed by atoms with van der Waals surface area (Å²) in [6.07, 6.45) is -0.110. The van der Waals surface area contributed by atoms with Crippen LogP contribution < -0.4 is 0 Å². The first-order valence-electron chi connectivity index (χ1n) is 6.02. The summed E-state index contributed by atoms with van der Waals surface area (Å²) in [6, 6.07) is 6.78. The molecule has 22 heavy (non-hydrogen) atoms. The zero-order chi connectivity index (χ0) is 16.8. The normalized spacial score (nSPS) is 10.9. The van der Waals surface area contributed by atoms with Crippen molar-refractivity contribution in [2.45, 2.75) is 17.7 Å². The highest BCUT2D eigenvalue weighted by Crippen LogP contribution is 2.28. The number of hydrogen-bond acceptors (Lipinski definition) is 6. The number of halogens is 1. The summed E-state index contributed by atoms with van der Waals surface area (Å²) in [5.41, 5.74) is -0.525. The Morgan fingerprint density at radius 1 is 1.23 bits per heavy atom. The summed E-state index contributed by atoms with van der Waals surface area (Å²) in [5.74, 6) is 0. The average molecular weight is 343 g/mol. The summed E-state index contributed by atoms with van der Waals surface area (Å²) in [6.45, 7) is -0.201. The molecule has 0 aliphatic rings. The van der Waals surface area contributed by atoms with Crippen molar-refractivity contribution in [2.75, 3.05) is 13.1 Å². The molecule has 1 aromatic carbocycles. The number of hydrogen-bond donors (Lipinski definition) is 0. The van der Waals surface area contributed by atoms with Crippen LogP contribution in [-0.2, 0) is 10.0 Å². The highest BCUT2D eigenvalue weighted by molar-refractivity contribution is 7.89. The zero-order valence-electron chi connectivity index (χ0n) is 11.3. The highest BCUT2D eigenvalue weighted by atomic mass is 35.5. The van der Waals surface area contributed by atoms with Gasteiger partial charge in [-0.1, -0.05) is 11.6 Å². The van der Waals surface area contributed by atoms with Crippen LogP contribution in [0.3, 0.4) is 0 Å². The molecule has 0 saturated heterocycles. The molecule has 0 fully saturated rings. The monoisotopic (exact) mass is 342 g/mol. The van der Waals surface area contributed by atoms with Gasteiger partial charge < -0.3 is 0 Å². The van der Waals surface area contributed by atoms with Crippen molar-refractivity contribution in [1.29, 1.82) is 10.5 Å². The van der Waals surface area contributed by atoms with E-state index in [0.29, 0.717) is 0 Å². The van der Waals surface area contributed by atoms with Crippen LogP contribution >= 0.6 is 11.6 Å². The van der Waals surface area contributed by atoms with Gasteiger partial charge in [0.1, 0.15) is 5.02 Å². The van der Waals surface area contributed by atoms with E-state index in [1.54, 1.807) is 0 Å². The molecule has 0 aliphatic carbocycles. The summed E-state index contributed by atoms with van der Waals surface area (Å²) in [5, 5.41) is 27.8. The van der Waals surface area contributed by atoms with Crippen LogP contribution in [0.1, 0.15) is 12.8 Å². The molecule has 0 aliphatic heterocycles. The summed E-state index contributed by atoms with van der Waals surface area (Å²) >= 11 is 5.65. The Morgan fingerprint density at radius 3 is 2.23 bits per heavy atom. The van der Waals surface area contributed by atoms with Gasteiger partial charge in [0.25, 0.3) is 5.69 Å². The minimum atomic E-state index is -4.05. The predicted octanol–water partition coefficient (Wildman–Crippen LogP) is 2.07. The number of sulfonamides is 1. The third-order valence-corrected chi connectivity index (χ3v) is 4.91. The maximum Gasteiger partial charge on any atom is 0.289 e. The molecule has 0 bridgehead atoms. The van der Waals surface area contributed by atoms with E-state index < -0.39 is 20.6 Å². The second-order valence-corrected chi connectivity index (χ2v) is 6.44. The lowest BCUT2D eigenvalue weighted by Gasteiger charge is -2.19. The standard InChI is InChI=1S/C12H11ClN4O4S/c13-11-4-3-10(9-12(11)17(18)19)22(20,21)16(7-1-5-14)8-2-6-15/h3-4,9H,1-2,7-8H2. The third-order valence-electron chi connectivity index (χ3n) is 2.70. The molecule has 1 rings (SSSR count). The smallest absolute Gasteiger partial charge is 0.258 e. The number of nitro benzene ring substituents is 1.